The number of nitrogens with one attached hydrogen (secondary N) is 4. The second-order valence-corrected chi connectivity index (χ2v) is 21.7. The van der Waals surface area contributed by atoms with Crippen LogP contribution < -0.4 is 26.0 Å². The molecule has 2 aliphatic heterocycles. The van der Waals surface area contributed by atoms with Crippen molar-refractivity contribution in [2.45, 2.75) is 189 Å². The van der Waals surface area contributed by atoms with Gasteiger partial charge in [-0.15, -0.1) is 0 Å². The number of methoxy groups -OCH3 is 1. The second-order valence-electron chi connectivity index (χ2n) is 21.3. The highest BCUT2D eigenvalue weighted by Gasteiger charge is 2.45. The number of aliphatic hydroxyl groups excluding tert-OH is 1. The topological polar surface area (TPSA) is 242 Å². The highest BCUT2D eigenvalue weighted by atomic mass is 32.1. The van der Waals surface area contributed by atoms with Crippen LogP contribution in [0.3, 0.4) is 0 Å². The molecule has 11 atom stereocenters. The molecule has 19 nitrogen and oxygen atoms in total. The zero-order chi connectivity index (χ0) is 55.7. The van der Waals surface area contributed by atoms with Gasteiger partial charge in [0.05, 0.1) is 31.6 Å². The Hall–Kier alpha value is -5.37. The molecule has 20 heteroatoms. The van der Waals surface area contributed by atoms with Crippen molar-refractivity contribution in [1.29, 1.82) is 0 Å². The smallest absolute Gasteiger partial charge is 0.329 e. The summed E-state index contributed by atoms with van der Waals surface area (Å²) >= 11 is 5.70. The van der Waals surface area contributed by atoms with Crippen LogP contribution in [0.2, 0.25) is 0 Å². The van der Waals surface area contributed by atoms with Crippen LogP contribution in [0, 0.1) is 29.6 Å². The molecule has 2 heterocycles. The van der Waals surface area contributed by atoms with E-state index in [1.54, 1.807) is 57.0 Å². The summed E-state index contributed by atoms with van der Waals surface area (Å²) in [6, 6.07) is -0.300. The van der Waals surface area contributed by atoms with Gasteiger partial charge >= 0.3 is 11.9 Å². The number of unbranched alkanes of at least 4 members (excludes halogenated alkanes) is 1. The van der Waals surface area contributed by atoms with Crippen molar-refractivity contribution in [3.8, 4) is 5.75 Å². The number of likely N-dealkylation sites (N-methyl/N-ethyl adjacent to an activating group) is 2. The number of benzene rings is 1. The molecule has 2 saturated heterocycles. The largest absolute Gasteiger partial charge is 0.497 e. The van der Waals surface area contributed by atoms with Crippen LogP contribution in [-0.4, -0.2) is 161 Å². The molecule has 0 aromatic heterocycles. The van der Waals surface area contributed by atoms with Gasteiger partial charge in [0.15, 0.2) is 17.0 Å². The van der Waals surface area contributed by atoms with Crippen molar-refractivity contribution in [2.24, 2.45) is 29.6 Å². The van der Waals surface area contributed by atoms with Crippen LogP contribution >= 0.6 is 12.2 Å². The van der Waals surface area contributed by atoms with Crippen LogP contribution in [0.15, 0.2) is 24.3 Å². The zero-order valence-corrected chi connectivity index (χ0v) is 47.2. The number of fused-ring (bicyclic) bond motifs is 1. The molecule has 0 saturated carbocycles. The molecule has 2 fully saturated rings. The predicted octanol–water partition coefficient (Wildman–Crippen LogP) is 4.09. The first kappa shape index (κ1) is 62.9. The summed E-state index contributed by atoms with van der Waals surface area (Å²) in [5.74, 6) is -8.03. The number of ether oxygens (including phenoxy) is 3. The van der Waals surface area contributed by atoms with Gasteiger partial charge in [0.2, 0.25) is 29.5 Å². The Balaban J connectivity index is 2.27. The molecule has 1 aromatic carbocycles. The zero-order valence-electron chi connectivity index (χ0n) is 46.4. The number of cyclic esters (lactones) is 2. The number of esters is 2. The molecule has 0 unspecified atom stereocenters. The van der Waals surface area contributed by atoms with Crippen molar-refractivity contribution in [3.05, 3.63) is 29.8 Å². The number of thiocarbonyl (C=S) groups is 1. The van der Waals surface area contributed by atoms with E-state index in [-0.39, 0.29) is 37.6 Å². The molecule has 74 heavy (non-hydrogen) atoms. The van der Waals surface area contributed by atoms with Gasteiger partial charge < -0.3 is 55.3 Å². The normalized spacial score (nSPS) is 26.2. The van der Waals surface area contributed by atoms with Gasteiger partial charge in [0, 0.05) is 33.6 Å². The summed E-state index contributed by atoms with van der Waals surface area (Å²) in [5, 5.41) is 23.7. The molecule has 3 rings (SSSR count). The predicted molar refractivity (Wildman–Crippen MR) is 284 cm³/mol. The summed E-state index contributed by atoms with van der Waals surface area (Å²) in [4.78, 5) is 120. The SMILES string of the molecule is CCCCNC(=S)N(C)[C@H](CC(C)C)C(=O)N[C@@H]1C(=O)N[C@H]([C@@H](C)CC)[C@H](O)CC(=O)O[C@H](C(C)C)C(=O)[C@H](C)C(=O)N[C@H](CC(C)C)C(=O)N2CCC[C@H]2C(=O)N(C)[C@@H](Cc2ccc(OC)cc2)C(=O)O[C@H]1C. The average molecular weight is 1060 g/mol. The molecule has 0 radical (unpaired) electrons. The molecule has 0 spiro atoms. The Morgan fingerprint density at radius 3 is 2.15 bits per heavy atom. The fourth-order valence-electron chi connectivity index (χ4n) is 9.24. The van der Waals surface area contributed by atoms with Crippen molar-refractivity contribution in [2.75, 3.05) is 34.3 Å². The third-order valence-corrected chi connectivity index (χ3v) is 14.5. The van der Waals surface area contributed by atoms with Crippen LogP contribution in [0.1, 0.15) is 133 Å². The molecule has 5 N–H and O–H groups in total. The van der Waals surface area contributed by atoms with E-state index in [1.165, 1.54) is 37.8 Å². The van der Waals surface area contributed by atoms with E-state index in [2.05, 4.69) is 21.3 Å². The number of aliphatic hydroxyl groups is 1. The van der Waals surface area contributed by atoms with E-state index in [4.69, 9.17) is 26.4 Å². The molecule has 0 bridgehead atoms. The van der Waals surface area contributed by atoms with E-state index < -0.39 is 126 Å². The lowest BCUT2D eigenvalue weighted by molar-refractivity contribution is -0.163. The van der Waals surface area contributed by atoms with E-state index in [1.807, 2.05) is 41.5 Å². The minimum Gasteiger partial charge on any atom is -0.497 e. The number of carbonyl (C=O) groups is 8. The second kappa shape index (κ2) is 29.6. The molecule has 5 amide bonds. The first-order chi connectivity index (χ1) is 34.8. The summed E-state index contributed by atoms with van der Waals surface area (Å²) in [6.45, 7) is 20.1. The van der Waals surface area contributed by atoms with E-state index >= 15 is 0 Å². The first-order valence-electron chi connectivity index (χ1n) is 26.5. The van der Waals surface area contributed by atoms with Crippen molar-refractivity contribution in [3.63, 3.8) is 0 Å². The third kappa shape index (κ3) is 17.6. The number of Topliss-reactive ketones (excluding diaryl/α,β-unsaturated/α-hetero) is 1. The number of carbonyl (C=O) groups excluding carboxylic acids is 8. The minimum absolute atomic E-state index is 0.0123. The number of hydrogen-bond acceptors (Lipinski definition) is 13. The molecular weight excluding hydrogens is 971 g/mol. The van der Waals surface area contributed by atoms with Gasteiger partial charge in [-0.2, -0.15) is 0 Å². The van der Waals surface area contributed by atoms with Gasteiger partial charge in [-0.25, -0.2) is 4.79 Å². The molecular formula is C54H87N7O12S. The maximum atomic E-state index is 14.9. The lowest BCUT2D eigenvalue weighted by atomic mass is 9.91. The molecule has 1 aromatic rings. The van der Waals surface area contributed by atoms with E-state index in [9.17, 15) is 43.5 Å². The summed E-state index contributed by atoms with van der Waals surface area (Å²) in [6.07, 6.45) is -1.84. The van der Waals surface area contributed by atoms with Crippen LogP contribution in [0.5, 0.6) is 5.75 Å². The van der Waals surface area contributed by atoms with E-state index in [0.29, 0.717) is 42.2 Å². The lowest BCUT2D eigenvalue weighted by Crippen LogP contribution is -2.62. The van der Waals surface area contributed by atoms with Gasteiger partial charge in [-0.1, -0.05) is 87.3 Å². The lowest BCUT2D eigenvalue weighted by Gasteiger charge is -2.36. The maximum Gasteiger partial charge on any atom is 0.329 e. The standard InChI is InChI=1S/C54H87N7O12S/c1-15-17-24-55-54(74)60(13)40(27-31(5)6)49(66)58-45-35(11)72-53(70)41(28-36-20-22-37(71-14)23-21-36)59(12)52(69)39-19-18-25-61(39)51(68)38(26-30(3)4)56-48(65)34(10)46(64)47(32(7)8)73-43(63)29-42(62)44(33(9)16-2)57-50(45)67/h20-23,30-35,38-42,44-45,47,62H,15-19,24-29H2,1-14H3,(H,55,74)(H,56,65)(H,57,67)(H,58,66)/t33-,34-,35-,38+,39-,40+,41-,42+,44+,45-,47+/m0/s1. The number of ketones is 1. The van der Waals surface area contributed by atoms with Crippen molar-refractivity contribution in [1.82, 2.24) is 36.0 Å². The van der Waals surface area contributed by atoms with E-state index in [0.717, 1.165) is 12.8 Å². The van der Waals surface area contributed by atoms with Gasteiger partial charge in [-0.05, 0) is 99.5 Å². The molecule has 2 aliphatic rings. The van der Waals surface area contributed by atoms with Gasteiger partial charge in [0.25, 0.3) is 0 Å². The summed E-state index contributed by atoms with van der Waals surface area (Å²) in [7, 11) is 4.63. The molecule has 416 valence electrons. The fourth-order valence-corrected chi connectivity index (χ4v) is 9.47. The Bertz CT molecular complexity index is 2090. The van der Waals surface area contributed by atoms with Crippen molar-refractivity contribution < 1.29 is 57.7 Å². The number of amides is 5. The summed E-state index contributed by atoms with van der Waals surface area (Å²) in [5.41, 5.74) is 0.620. The van der Waals surface area contributed by atoms with Crippen LogP contribution in [0.25, 0.3) is 0 Å². The highest BCUT2D eigenvalue weighted by molar-refractivity contribution is 7.80. The van der Waals surface area contributed by atoms with Crippen LogP contribution in [0.4, 0.5) is 0 Å². The Morgan fingerprint density at radius 2 is 1.58 bits per heavy atom. The third-order valence-electron chi connectivity index (χ3n) is 14.1. The average Bonchev–Trinajstić information content (AvgIpc) is 3.85. The first-order valence-corrected chi connectivity index (χ1v) is 26.9. The maximum absolute atomic E-state index is 14.9. The molecule has 0 aliphatic carbocycles. The quantitative estimate of drug-likeness (QED) is 0.0678. The Labute approximate surface area is 444 Å². The van der Waals surface area contributed by atoms with Gasteiger partial charge in [-0.3, -0.25) is 33.6 Å². The minimum atomic E-state index is -1.61. The Kier molecular flexibility index (Phi) is 25.2. The monoisotopic (exact) mass is 1060 g/mol. The highest BCUT2D eigenvalue weighted by Crippen LogP contribution is 2.26. The van der Waals surface area contributed by atoms with Crippen molar-refractivity contribution >= 4 is 64.6 Å². The van der Waals surface area contributed by atoms with Crippen LogP contribution in [-0.2, 0) is 54.3 Å². The number of rotatable bonds is 16. The van der Waals surface area contributed by atoms with Gasteiger partial charge in [0.1, 0.15) is 42.1 Å². The summed E-state index contributed by atoms with van der Waals surface area (Å²) < 4.78 is 17.3. The fraction of sp³-hybridized carbons (Fsp3) is 0.722. The number of hydrogen-bond donors (Lipinski definition) is 5. The number of nitrogens with zero attached hydrogens (tertiary/aromatic N) is 3. The Morgan fingerprint density at radius 1 is 0.932 bits per heavy atom.